The Balaban J connectivity index is 2.00. The van der Waals surface area contributed by atoms with Gasteiger partial charge in [-0.05, 0) is 65.2 Å². The molecule has 5 nitrogen and oxygen atoms in total. The van der Waals surface area contributed by atoms with E-state index in [9.17, 15) is 4.79 Å². The van der Waals surface area contributed by atoms with Crippen molar-refractivity contribution in [1.29, 1.82) is 0 Å². The molecule has 1 aromatic carbocycles. The zero-order valence-corrected chi connectivity index (χ0v) is 16.4. The summed E-state index contributed by atoms with van der Waals surface area (Å²) in [5, 5.41) is 3.57. The van der Waals surface area contributed by atoms with Crippen LogP contribution in [0.3, 0.4) is 0 Å². The Kier molecular flexibility index (Phi) is 6.33. The van der Waals surface area contributed by atoms with Gasteiger partial charge in [0.05, 0.1) is 19.3 Å². The molecular weight excluding hydrogens is 316 g/mol. The quantitative estimate of drug-likeness (QED) is 0.889. The number of rotatable bonds is 4. The zero-order valence-electron chi connectivity index (χ0n) is 16.4. The summed E-state index contributed by atoms with van der Waals surface area (Å²) >= 11 is 0. The van der Waals surface area contributed by atoms with Gasteiger partial charge in [0, 0.05) is 18.3 Å². The van der Waals surface area contributed by atoms with E-state index >= 15 is 0 Å². The van der Waals surface area contributed by atoms with Gasteiger partial charge in [-0.2, -0.15) is 0 Å². The summed E-state index contributed by atoms with van der Waals surface area (Å²) < 4.78 is 11.2. The zero-order chi connectivity index (χ0) is 18.6. The van der Waals surface area contributed by atoms with Crippen molar-refractivity contribution in [3.05, 3.63) is 29.3 Å². The van der Waals surface area contributed by atoms with Crippen LogP contribution in [0.4, 0.5) is 10.5 Å². The van der Waals surface area contributed by atoms with Gasteiger partial charge in [-0.1, -0.05) is 12.1 Å². The Hall–Kier alpha value is -1.75. The molecule has 1 amide bonds. The number of benzene rings is 1. The van der Waals surface area contributed by atoms with Gasteiger partial charge in [-0.25, -0.2) is 4.79 Å². The van der Waals surface area contributed by atoms with Crippen molar-refractivity contribution in [3.8, 4) is 0 Å². The first-order valence-electron chi connectivity index (χ1n) is 9.07. The standard InChI is InChI=1S/C20H32N2O3/c1-14-8-7-9-18(16(14)3)21-15(2)12-17-13-24-11-10-22(17)19(23)25-20(4,5)6/h7-9,15,17,21H,10-13H2,1-6H3. The number of anilines is 1. The molecule has 0 aliphatic carbocycles. The molecular formula is C20H32N2O3. The van der Waals surface area contributed by atoms with Crippen LogP contribution < -0.4 is 5.32 Å². The minimum absolute atomic E-state index is 0.0243. The Labute approximate surface area is 151 Å². The molecule has 0 spiro atoms. The van der Waals surface area contributed by atoms with E-state index in [1.54, 1.807) is 0 Å². The van der Waals surface area contributed by atoms with E-state index in [4.69, 9.17) is 9.47 Å². The van der Waals surface area contributed by atoms with E-state index < -0.39 is 5.60 Å². The van der Waals surface area contributed by atoms with Gasteiger partial charge in [-0.15, -0.1) is 0 Å². The highest BCUT2D eigenvalue weighted by Crippen LogP contribution is 2.22. The van der Waals surface area contributed by atoms with Crippen LogP contribution in [0, 0.1) is 13.8 Å². The number of nitrogens with zero attached hydrogens (tertiary/aromatic N) is 1. The molecule has 0 aromatic heterocycles. The molecule has 2 unspecified atom stereocenters. The lowest BCUT2D eigenvalue weighted by atomic mass is 10.0. The van der Waals surface area contributed by atoms with Gasteiger partial charge < -0.3 is 19.7 Å². The Morgan fingerprint density at radius 1 is 1.40 bits per heavy atom. The second-order valence-corrected chi connectivity index (χ2v) is 7.93. The first-order valence-corrected chi connectivity index (χ1v) is 9.07. The molecule has 1 aliphatic rings. The first kappa shape index (κ1) is 19.6. The lowest BCUT2D eigenvalue weighted by Gasteiger charge is -2.38. The van der Waals surface area contributed by atoms with Crippen LogP contribution in [-0.2, 0) is 9.47 Å². The molecule has 2 atom stereocenters. The highest BCUT2D eigenvalue weighted by Gasteiger charge is 2.31. The number of ether oxygens (including phenoxy) is 2. The minimum atomic E-state index is -0.484. The summed E-state index contributed by atoms with van der Waals surface area (Å²) in [7, 11) is 0. The topological polar surface area (TPSA) is 50.8 Å². The molecule has 140 valence electrons. The maximum atomic E-state index is 12.5. The molecule has 1 aliphatic heterocycles. The summed E-state index contributed by atoms with van der Waals surface area (Å²) in [6.45, 7) is 13.8. The van der Waals surface area contributed by atoms with Crippen LogP contribution in [0.5, 0.6) is 0 Å². The lowest BCUT2D eigenvalue weighted by Crippen LogP contribution is -2.51. The summed E-state index contributed by atoms with van der Waals surface area (Å²) in [4.78, 5) is 14.3. The van der Waals surface area contributed by atoms with Gasteiger partial charge in [0.15, 0.2) is 0 Å². The third-order valence-electron chi connectivity index (χ3n) is 4.49. The van der Waals surface area contributed by atoms with Crippen LogP contribution in [0.15, 0.2) is 18.2 Å². The van der Waals surface area contributed by atoms with E-state index in [-0.39, 0.29) is 18.2 Å². The van der Waals surface area contributed by atoms with Crippen LogP contribution in [-0.4, -0.2) is 48.4 Å². The van der Waals surface area contributed by atoms with Crippen molar-refractivity contribution < 1.29 is 14.3 Å². The fourth-order valence-electron chi connectivity index (χ4n) is 3.05. The average Bonchev–Trinajstić information content (AvgIpc) is 2.50. The third-order valence-corrected chi connectivity index (χ3v) is 4.49. The van der Waals surface area contributed by atoms with E-state index in [1.807, 2.05) is 25.7 Å². The predicted octanol–water partition coefficient (Wildman–Crippen LogP) is 4.13. The second-order valence-electron chi connectivity index (χ2n) is 7.93. The number of nitrogens with one attached hydrogen (secondary N) is 1. The molecule has 1 aromatic rings. The Morgan fingerprint density at radius 3 is 2.80 bits per heavy atom. The van der Waals surface area contributed by atoms with Crippen LogP contribution in [0.25, 0.3) is 0 Å². The fourth-order valence-corrected chi connectivity index (χ4v) is 3.05. The molecule has 0 bridgehead atoms. The third kappa shape index (κ3) is 5.63. The second kappa shape index (κ2) is 8.09. The van der Waals surface area contributed by atoms with Crippen molar-refractivity contribution in [2.75, 3.05) is 25.1 Å². The monoisotopic (exact) mass is 348 g/mol. The molecule has 1 heterocycles. The molecule has 5 heteroatoms. The highest BCUT2D eigenvalue weighted by atomic mass is 16.6. The number of aryl methyl sites for hydroxylation is 1. The van der Waals surface area contributed by atoms with Crippen LogP contribution in [0.1, 0.15) is 45.2 Å². The molecule has 1 fully saturated rings. The maximum absolute atomic E-state index is 12.5. The summed E-state index contributed by atoms with van der Waals surface area (Å²) in [6, 6.07) is 6.52. The largest absolute Gasteiger partial charge is 0.444 e. The number of hydrogen-bond acceptors (Lipinski definition) is 4. The highest BCUT2D eigenvalue weighted by molar-refractivity contribution is 5.68. The van der Waals surface area contributed by atoms with E-state index in [2.05, 4.69) is 44.3 Å². The molecule has 0 saturated carbocycles. The van der Waals surface area contributed by atoms with Crippen molar-refractivity contribution in [3.63, 3.8) is 0 Å². The summed E-state index contributed by atoms with van der Waals surface area (Å²) in [5.74, 6) is 0. The molecule has 0 radical (unpaired) electrons. The van der Waals surface area contributed by atoms with Crippen molar-refractivity contribution in [1.82, 2.24) is 4.90 Å². The van der Waals surface area contributed by atoms with Crippen molar-refractivity contribution >= 4 is 11.8 Å². The van der Waals surface area contributed by atoms with Gasteiger partial charge in [0.1, 0.15) is 5.60 Å². The minimum Gasteiger partial charge on any atom is -0.444 e. The van der Waals surface area contributed by atoms with E-state index in [0.717, 1.165) is 12.1 Å². The fraction of sp³-hybridized carbons (Fsp3) is 0.650. The van der Waals surface area contributed by atoms with Gasteiger partial charge >= 0.3 is 6.09 Å². The smallest absolute Gasteiger partial charge is 0.410 e. The van der Waals surface area contributed by atoms with Gasteiger partial charge in [0.2, 0.25) is 0 Å². The number of carbonyl (C=O) groups excluding carboxylic acids is 1. The molecule has 1 saturated heterocycles. The SMILES string of the molecule is Cc1cccc(NC(C)CC2COCCN2C(=O)OC(C)(C)C)c1C. The number of morpholine rings is 1. The average molecular weight is 348 g/mol. The lowest BCUT2D eigenvalue weighted by molar-refractivity contribution is -0.0345. The van der Waals surface area contributed by atoms with Crippen LogP contribution >= 0.6 is 0 Å². The van der Waals surface area contributed by atoms with Crippen LogP contribution in [0.2, 0.25) is 0 Å². The number of hydrogen-bond donors (Lipinski definition) is 1. The molecule has 1 N–H and O–H groups in total. The summed E-state index contributed by atoms with van der Waals surface area (Å²) in [6.07, 6.45) is 0.562. The van der Waals surface area contributed by atoms with Crippen molar-refractivity contribution in [2.45, 2.75) is 65.6 Å². The molecule has 25 heavy (non-hydrogen) atoms. The Bertz CT molecular complexity index is 595. The number of carbonyl (C=O) groups is 1. The van der Waals surface area contributed by atoms with Crippen molar-refractivity contribution in [2.24, 2.45) is 0 Å². The number of amides is 1. The predicted molar refractivity (Wildman–Crippen MR) is 101 cm³/mol. The van der Waals surface area contributed by atoms with Gasteiger partial charge in [0.25, 0.3) is 0 Å². The first-order chi connectivity index (χ1) is 11.7. The summed E-state index contributed by atoms with van der Waals surface area (Å²) in [5.41, 5.74) is 3.20. The Morgan fingerprint density at radius 2 is 2.12 bits per heavy atom. The maximum Gasteiger partial charge on any atom is 0.410 e. The van der Waals surface area contributed by atoms with E-state index in [0.29, 0.717) is 19.8 Å². The van der Waals surface area contributed by atoms with Gasteiger partial charge in [-0.3, -0.25) is 0 Å². The van der Waals surface area contributed by atoms with E-state index in [1.165, 1.54) is 11.1 Å². The normalized spacial score (nSPS) is 19.4. The molecule has 2 rings (SSSR count).